The summed E-state index contributed by atoms with van der Waals surface area (Å²) in [6.07, 6.45) is 1.06. The summed E-state index contributed by atoms with van der Waals surface area (Å²) in [5.41, 5.74) is 5.13. The predicted molar refractivity (Wildman–Crippen MR) is 53.9 cm³/mol. The highest BCUT2D eigenvalue weighted by Gasteiger charge is 2.35. The first-order valence-electron chi connectivity index (χ1n) is 3.99. The van der Waals surface area contributed by atoms with Crippen LogP contribution in [-0.2, 0) is 14.6 Å². The van der Waals surface area contributed by atoms with Gasteiger partial charge in [0.2, 0.25) is 0 Å². The van der Waals surface area contributed by atoms with Crippen LogP contribution in [0.15, 0.2) is 0 Å². The zero-order valence-corrected chi connectivity index (χ0v) is 9.29. The Kier molecular flexibility index (Phi) is 4.65. The lowest BCUT2D eigenvalue weighted by atomic mass is 9.97. The van der Waals surface area contributed by atoms with Crippen LogP contribution < -0.4 is 5.73 Å². The molecule has 13 heavy (non-hydrogen) atoms. The number of nitrogens with two attached hydrogens (primary N) is 1. The molecule has 0 aromatic rings. The average molecular weight is 230 g/mol. The van der Waals surface area contributed by atoms with E-state index in [1.165, 1.54) is 0 Å². The molecule has 1 rings (SSSR count). The molecule has 2 N–H and O–H groups in total. The van der Waals surface area contributed by atoms with Gasteiger partial charge in [0.05, 0.1) is 17.1 Å². The van der Waals surface area contributed by atoms with Gasteiger partial charge in [-0.25, -0.2) is 8.42 Å². The van der Waals surface area contributed by atoms with Gasteiger partial charge in [-0.3, -0.25) is 0 Å². The molecule has 0 atom stereocenters. The Morgan fingerprint density at radius 3 is 2.15 bits per heavy atom. The van der Waals surface area contributed by atoms with E-state index in [9.17, 15) is 8.42 Å². The van der Waals surface area contributed by atoms with Gasteiger partial charge in [-0.1, -0.05) is 0 Å². The maximum atomic E-state index is 11.1. The van der Waals surface area contributed by atoms with Crippen molar-refractivity contribution in [2.24, 2.45) is 5.73 Å². The van der Waals surface area contributed by atoms with Gasteiger partial charge in [0.15, 0.2) is 9.84 Å². The Bertz CT molecular complexity index is 232. The lowest BCUT2D eigenvalue weighted by molar-refractivity contribution is -0.0103. The van der Waals surface area contributed by atoms with Crippen LogP contribution in [0.1, 0.15) is 12.8 Å². The molecule has 80 valence electrons. The molecular formula is C7H16ClNO3S. The molecule has 1 aliphatic rings. The Morgan fingerprint density at radius 2 is 1.85 bits per heavy atom. The zero-order valence-electron chi connectivity index (χ0n) is 7.65. The van der Waals surface area contributed by atoms with E-state index >= 15 is 0 Å². The summed E-state index contributed by atoms with van der Waals surface area (Å²) in [4.78, 5) is 0. The summed E-state index contributed by atoms with van der Waals surface area (Å²) in [7, 11) is -1.22. The van der Waals surface area contributed by atoms with E-state index in [0.717, 1.165) is 0 Å². The summed E-state index contributed by atoms with van der Waals surface area (Å²) < 4.78 is 27.4. The van der Waals surface area contributed by atoms with Gasteiger partial charge in [-0.05, 0) is 12.8 Å². The third-order valence-corrected chi connectivity index (χ3v) is 4.19. The van der Waals surface area contributed by atoms with E-state index in [1.807, 2.05) is 0 Å². The second-order valence-electron chi connectivity index (χ2n) is 3.24. The van der Waals surface area contributed by atoms with Gasteiger partial charge < -0.3 is 10.5 Å². The average Bonchev–Trinajstić information content (AvgIpc) is 2.06. The molecule has 0 aliphatic carbocycles. The number of methoxy groups -OCH3 is 1. The number of hydrogen-bond donors (Lipinski definition) is 1. The molecule has 1 aliphatic heterocycles. The van der Waals surface area contributed by atoms with Crippen molar-refractivity contribution < 1.29 is 13.2 Å². The number of sulfone groups is 1. The molecule has 0 unspecified atom stereocenters. The molecule has 1 saturated heterocycles. The monoisotopic (exact) mass is 229 g/mol. The zero-order chi connectivity index (χ0) is 9.24. The Labute approximate surface area is 85.2 Å². The Morgan fingerprint density at radius 1 is 1.38 bits per heavy atom. The van der Waals surface area contributed by atoms with Crippen molar-refractivity contribution in [3.05, 3.63) is 0 Å². The summed E-state index contributed by atoms with van der Waals surface area (Å²) >= 11 is 0. The fourth-order valence-electron chi connectivity index (χ4n) is 1.40. The van der Waals surface area contributed by atoms with Crippen molar-refractivity contribution in [1.29, 1.82) is 0 Å². The van der Waals surface area contributed by atoms with Crippen LogP contribution in [0.25, 0.3) is 0 Å². The van der Waals surface area contributed by atoms with E-state index in [-0.39, 0.29) is 29.5 Å². The van der Waals surface area contributed by atoms with E-state index < -0.39 is 9.84 Å². The van der Waals surface area contributed by atoms with Gasteiger partial charge in [-0.15, -0.1) is 12.4 Å². The Balaban J connectivity index is 0.00000144. The molecule has 4 nitrogen and oxygen atoms in total. The largest absolute Gasteiger partial charge is 0.377 e. The maximum Gasteiger partial charge on any atom is 0.150 e. The molecule has 6 heteroatoms. The second-order valence-corrected chi connectivity index (χ2v) is 5.55. The van der Waals surface area contributed by atoms with Crippen molar-refractivity contribution >= 4 is 22.2 Å². The third kappa shape index (κ3) is 3.09. The first kappa shape index (κ1) is 13.2. The van der Waals surface area contributed by atoms with Gasteiger partial charge in [0.25, 0.3) is 0 Å². The van der Waals surface area contributed by atoms with E-state index in [1.54, 1.807) is 7.11 Å². The first-order valence-corrected chi connectivity index (χ1v) is 5.81. The second kappa shape index (κ2) is 4.59. The van der Waals surface area contributed by atoms with Gasteiger partial charge in [0, 0.05) is 13.7 Å². The van der Waals surface area contributed by atoms with Gasteiger partial charge in [0.1, 0.15) is 0 Å². The first-order chi connectivity index (χ1) is 5.54. The van der Waals surface area contributed by atoms with Crippen LogP contribution in [0.3, 0.4) is 0 Å². The number of rotatable bonds is 2. The van der Waals surface area contributed by atoms with E-state index in [0.29, 0.717) is 19.4 Å². The number of ether oxygens (including phenoxy) is 1. The summed E-state index contributed by atoms with van der Waals surface area (Å²) in [6.45, 7) is 0.402. The van der Waals surface area contributed by atoms with Crippen molar-refractivity contribution in [3.63, 3.8) is 0 Å². The van der Waals surface area contributed by atoms with E-state index in [2.05, 4.69) is 0 Å². The van der Waals surface area contributed by atoms with Crippen LogP contribution in [-0.4, -0.2) is 39.2 Å². The van der Waals surface area contributed by atoms with Crippen molar-refractivity contribution in [3.8, 4) is 0 Å². The molecule has 0 radical (unpaired) electrons. The quantitative estimate of drug-likeness (QED) is 0.722. The van der Waals surface area contributed by atoms with Crippen LogP contribution in [0, 0.1) is 0 Å². The minimum atomic E-state index is -2.81. The molecular weight excluding hydrogens is 214 g/mol. The predicted octanol–water partition coefficient (Wildman–Crippen LogP) is -0.0393. The van der Waals surface area contributed by atoms with Gasteiger partial charge in [-0.2, -0.15) is 0 Å². The van der Waals surface area contributed by atoms with Crippen molar-refractivity contribution in [1.82, 2.24) is 0 Å². The molecule has 0 spiro atoms. The molecule has 0 saturated carbocycles. The summed E-state index contributed by atoms with van der Waals surface area (Å²) in [6, 6.07) is 0. The molecule has 0 aromatic carbocycles. The van der Waals surface area contributed by atoms with E-state index in [4.69, 9.17) is 10.5 Å². The van der Waals surface area contributed by atoms with Crippen LogP contribution in [0.2, 0.25) is 0 Å². The van der Waals surface area contributed by atoms with Crippen LogP contribution >= 0.6 is 12.4 Å². The molecule has 0 amide bonds. The summed E-state index contributed by atoms with van der Waals surface area (Å²) in [5, 5.41) is 0. The normalized spacial score (nSPS) is 24.8. The molecule has 0 aromatic heterocycles. The summed E-state index contributed by atoms with van der Waals surface area (Å²) in [5.74, 6) is 0.413. The molecule has 0 bridgehead atoms. The maximum absolute atomic E-state index is 11.1. The molecule has 1 heterocycles. The highest BCUT2D eigenvalue weighted by molar-refractivity contribution is 7.91. The highest BCUT2D eigenvalue weighted by atomic mass is 35.5. The van der Waals surface area contributed by atoms with Crippen LogP contribution in [0.4, 0.5) is 0 Å². The van der Waals surface area contributed by atoms with Crippen molar-refractivity contribution in [2.75, 3.05) is 25.2 Å². The topological polar surface area (TPSA) is 69.4 Å². The third-order valence-electron chi connectivity index (χ3n) is 2.54. The minimum absolute atomic E-state index is 0. The lowest BCUT2D eigenvalue weighted by Gasteiger charge is -2.34. The highest BCUT2D eigenvalue weighted by Crippen LogP contribution is 2.25. The van der Waals surface area contributed by atoms with Crippen LogP contribution in [0.5, 0.6) is 0 Å². The Hall–Kier alpha value is 0.160. The fourth-order valence-corrected chi connectivity index (χ4v) is 2.97. The number of hydrogen-bond acceptors (Lipinski definition) is 4. The lowest BCUT2D eigenvalue weighted by Crippen LogP contribution is -2.46. The number of halogens is 1. The molecule has 1 fully saturated rings. The SMILES string of the molecule is COC1(CN)CCS(=O)(=O)CC1.Cl. The minimum Gasteiger partial charge on any atom is -0.377 e. The smallest absolute Gasteiger partial charge is 0.150 e. The van der Waals surface area contributed by atoms with Crippen molar-refractivity contribution in [2.45, 2.75) is 18.4 Å². The standard InChI is InChI=1S/C7H15NO3S.ClH/c1-11-7(6-8)2-4-12(9,10)5-3-7;/h2-6,8H2,1H3;1H. The fraction of sp³-hybridized carbons (Fsp3) is 1.00. The van der Waals surface area contributed by atoms with Gasteiger partial charge >= 0.3 is 0 Å².